The average molecular weight is 420 g/mol. The van der Waals surface area contributed by atoms with Crippen LogP contribution in [0.4, 0.5) is 0 Å². The summed E-state index contributed by atoms with van der Waals surface area (Å²) in [7, 11) is 10.0. The van der Waals surface area contributed by atoms with Crippen LogP contribution in [0.1, 0.15) is 172 Å². The first kappa shape index (κ1) is 3280. The Bertz CT molecular complexity index is 38.4. The molecule has 0 aliphatic carbocycles. The van der Waals surface area contributed by atoms with Crippen molar-refractivity contribution in [2.24, 2.45) is 0 Å². The lowest BCUT2D eigenvalue weighted by Crippen LogP contribution is -1.79. The fourth-order valence-electron chi connectivity index (χ4n) is 0. The van der Waals surface area contributed by atoms with Gasteiger partial charge in [0.2, 0.25) is 0 Å². The molecule has 0 saturated carbocycles. The standard InChI is InChI=1S/22CH4.B3.B.6H2/c;;;;;;;;;;;;;;;;;;;;;;1-3-2;;;;;;;/h22*1H4;;;6*1H/i;;;;;;;;;;;;;;;;;;;;;;;;6*1+2. The molecule has 0 atom stereocenters. The van der Waals surface area contributed by atoms with E-state index in [1.807, 2.05) is 0 Å². The van der Waals surface area contributed by atoms with Gasteiger partial charge in [-0.05, 0) is 0 Å². The third-order valence-corrected chi connectivity index (χ3v) is 0. The Morgan fingerprint density at radius 2 is 0.269 bits per heavy atom. The smallest absolute Gasteiger partial charge is 0 e. The summed E-state index contributed by atoms with van der Waals surface area (Å²) in [5.41, 5.74) is 0. The maximum Gasteiger partial charge on any atom is 0 e. The lowest BCUT2D eigenvalue weighted by Gasteiger charge is -1.41. The largest absolute Gasteiger partial charge is 0.0776 e. The molecule has 0 nitrogen and oxygen atoms in total. The van der Waals surface area contributed by atoms with Crippen molar-refractivity contribution in [2.45, 2.75) is 163 Å². The topological polar surface area (TPSA) is 0 Å². The van der Waals surface area contributed by atoms with Gasteiger partial charge in [-0.15, -0.1) is 0 Å². The predicted molar refractivity (Wildman–Crippen MR) is 184 cm³/mol. The maximum absolute atomic E-state index is 4.50. The Balaban J connectivity index is -0.0000000000493. The summed E-state index contributed by atoms with van der Waals surface area (Å²) < 4.78 is 0. The van der Waals surface area contributed by atoms with Gasteiger partial charge in [0.15, 0.2) is 0 Å². The van der Waals surface area contributed by atoms with E-state index in [0.717, 1.165) is 7.06 Å². The van der Waals surface area contributed by atoms with Crippen molar-refractivity contribution in [1.82, 2.24) is 0 Å². The van der Waals surface area contributed by atoms with Crippen LogP contribution in [0.2, 0.25) is 0 Å². The van der Waals surface area contributed by atoms with E-state index in [-0.39, 0.29) is 180 Å². The van der Waals surface area contributed by atoms with Gasteiger partial charge in [-0.1, -0.05) is 163 Å². The van der Waals surface area contributed by atoms with Gasteiger partial charge in [-0.25, -0.2) is 0 Å². The van der Waals surface area contributed by atoms with Crippen LogP contribution in [0.5, 0.6) is 0 Å². The number of rotatable bonds is 0. The van der Waals surface area contributed by atoms with E-state index in [2.05, 4.69) is 15.5 Å². The van der Waals surface area contributed by atoms with Crippen molar-refractivity contribution in [3.05, 3.63) is 0 Å². The average Bonchev–Trinajstić information content (AvgIpc) is 0.918. The zero-order chi connectivity index (χ0) is 2.71. The van der Waals surface area contributed by atoms with Gasteiger partial charge in [0.05, 0.1) is 0 Å². The van der Waals surface area contributed by atoms with Crippen molar-refractivity contribution in [2.75, 3.05) is 0 Å². The van der Waals surface area contributed by atoms with E-state index in [0.29, 0.717) is 0 Å². The highest BCUT2D eigenvalue weighted by atomic mass is 12.2. The summed E-state index contributed by atoms with van der Waals surface area (Å²) in [4.78, 5) is 0. The molecule has 4 heteroatoms. The van der Waals surface area contributed by atoms with E-state index in [1.54, 1.807) is 0 Å². The van der Waals surface area contributed by atoms with Crippen LogP contribution in [0, 0.1) is 0 Å². The van der Waals surface area contributed by atoms with E-state index in [9.17, 15) is 0 Å². The van der Waals surface area contributed by atoms with Gasteiger partial charge in [0.1, 0.15) is 0 Å². The van der Waals surface area contributed by atoms with Gasteiger partial charge in [-0.3, -0.25) is 0 Å². The molecule has 200 valence electrons. The molecule has 0 unspecified atom stereocenters. The zero-order valence-electron chi connectivity index (χ0n) is 2.31. The van der Waals surface area contributed by atoms with E-state index < -0.39 is 0 Å². The van der Waals surface area contributed by atoms with Crippen LogP contribution in [0.3, 0.4) is 0 Å². The van der Waals surface area contributed by atoms with Gasteiger partial charge in [-0.2, -0.15) is 0 Å². The lowest BCUT2D eigenvalue weighted by atomic mass is 9.40. The van der Waals surface area contributed by atoms with Crippen molar-refractivity contribution in [3.63, 3.8) is 0 Å². The highest BCUT2D eigenvalue weighted by Crippen LogP contribution is 1.03. The third kappa shape index (κ3) is 195000. The Morgan fingerprint density at radius 3 is 0.269 bits per heavy atom. The highest BCUT2D eigenvalue weighted by molar-refractivity contribution is 7.17. The van der Waals surface area contributed by atoms with Crippen LogP contribution in [0.25, 0.3) is 0 Å². The molecule has 0 spiro atoms. The molecular formula is C22H100B4. The Morgan fingerprint density at radius 1 is 0.269 bits per heavy atom. The van der Waals surface area contributed by atoms with Crippen molar-refractivity contribution in [1.29, 1.82) is 0 Å². The first-order valence-electron chi connectivity index (χ1n) is 0.667. The minimum absolute atomic E-state index is 0. The molecule has 26 heavy (non-hydrogen) atoms. The lowest BCUT2D eigenvalue weighted by molar-refractivity contribution is 2.50. The third-order valence-electron chi connectivity index (χ3n) is 0. The molecule has 0 heterocycles. The molecule has 0 aliphatic rings. The second-order valence-electron chi connectivity index (χ2n) is 0.192. The molecule has 0 saturated heterocycles. The summed E-state index contributed by atoms with van der Waals surface area (Å²) >= 11 is 0. The van der Waals surface area contributed by atoms with Crippen LogP contribution in [0.15, 0.2) is 0 Å². The maximum atomic E-state index is 4.50. The Kier molecular flexibility index (Phi) is 1180000. The summed E-state index contributed by atoms with van der Waals surface area (Å²) in [6.45, 7) is 0. The molecule has 0 aliphatic heterocycles. The SMILES string of the molecule is C.C.C.C.C.C.C.C.C.C.C.C.C.C.C.C.C.C.C.C.C.C.[3HH].[3HH].[3HH].[3HH].[3HH].[3HH].[B].[B][B][B]. The molecule has 0 aromatic rings. The Hall–Kier alpha value is 0.260. The van der Waals surface area contributed by atoms with E-state index in [1.165, 1.54) is 0 Å². The molecule has 0 aromatic heterocycles. The molecule has 0 N–H and O–H groups in total. The second kappa shape index (κ2) is 9370. The first-order valence-corrected chi connectivity index (χ1v) is 0.667. The summed E-state index contributed by atoms with van der Waals surface area (Å²) in [6.07, 6.45) is 0. The second-order valence-corrected chi connectivity index (χ2v) is 0.192. The van der Waals surface area contributed by atoms with Crippen molar-refractivity contribution >= 4 is 30.9 Å². The normalized spacial score (nSPS) is 0.462. The van der Waals surface area contributed by atoms with Crippen LogP contribution >= 0.6 is 0 Å². The summed E-state index contributed by atoms with van der Waals surface area (Å²) in [5.74, 6) is 0. The quantitative estimate of drug-likeness (QED) is 0.342. The van der Waals surface area contributed by atoms with E-state index >= 15 is 0 Å². The van der Waals surface area contributed by atoms with Crippen molar-refractivity contribution in [3.8, 4) is 0 Å². The van der Waals surface area contributed by atoms with Gasteiger partial charge in [0.25, 0.3) is 0 Å². The fourth-order valence-corrected chi connectivity index (χ4v) is 0. The molecule has 0 aromatic carbocycles. The van der Waals surface area contributed by atoms with Gasteiger partial charge in [0, 0.05) is 39.5 Å². The van der Waals surface area contributed by atoms with Crippen LogP contribution < -0.4 is 0 Å². The summed E-state index contributed by atoms with van der Waals surface area (Å²) in [6, 6.07) is 0. The minimum Gasteiger partial charge on any atom is -0.0776 e. The predicted octanol–water partition coefficient (Wildman–Crippen LogP) is 13.9. The highest BCUT2D eigenvalue weighted by Gasteiger charge is 1.41. The van der Waals surface area contributed by atoms with Crippen molar-refractivity contribution < 1.29 is 8.56 Å². The summed E-state index contributed by atoms with van der Waals surface area (Å²) in [5, 5.41) is 0. The van der Waals surface area contributed by atoms with Gasteiger partial charge < -0.3 is 0 Å². The fraction of sp³-hybridized carbons (Fsp3) is 1.00. The molecule has 0 bridgehead atoms. The minimum atomic E-state index is 0. The number of hydrogen-bond acceptors (Lipinski definition) is 0. The van der Waals surface area contributed by atoms with Crippen LogP contribution in [-0.2, 0) is 0 Å². The molecule has 0 rings (SSSR count). The molecule has 0 amide bonds. The van der Waals surface area contributed by atoms with E-state index in [4.69, 9.17) is 0 Å². The number of hydrogen-bond donors (Lipinski definition) is 0. The van der Waals surface area contributed by atoms with Crippen LogP contribution in [-0.4, -0.2) is 30.9 Å². The molecular weight excluding hydrogens is 307 g/mol. The monoisotopic (exact) mass is 421 g/mol. The first-order chi connectivity index (χ1) is 1.41. The molecule has 0 fully saturated rings. The zero-order valence-corrected chi connectivity index (χ0v) is 2.31. The van der Waals surface area contributed by atoms with Gasteiger partial charge >= 0.3 is 0 Å². The Labute approximate surface area is 203 Å². The molecule has 8 radical (unpaired) electrons.